The van der Waals surface area contributed by atoms with E-state index >= 15 is 0 Å². The van der Waals surface area contributed by atoms with Gasteiger partial charge in [-0.15, -0.1) is 0 Å². The van der Waals surface area contributed by atoms with Crippen LogP contribution in [-0.2, 0) is 13.6 Å². The molecule has 9 nitrogen and oxygen atoms in total. The molecule has 2 aromatic heterocycles. The minimum absolute atomic E-state index is 0.0182. The largest absolute Gasteiger partial charge is 0.493 e. The zero-order valence-electron chi connectivity index (χ0n) is 20.3. The summed E-state index contributed by atoms with van der Waals surface area (Å²) in [5, 5.41) is 0. The molecule has 2 heterocycles. The molecule has 0 unspecified atom stereocenters. The highest BCUT2D eigenvalue weighted by molar-refractivity contribution is 5.72. The van der Waals surface area contributed by atoms with Crippen LogP contribution in [0.2, 0.25) is 0 Å². The first kappa shape index (κ1) is 23.4. The van der Waals surface area contributed by atoms with Gasteiger partial charge in [-0.25, -0.2) is 4.79 Å². The molecule has 0 amide bonds. The summed E-state index contributed by atoms with van der Waals surface area (Å²) in [6.45, 7) is 3.06. The molecule has 1 N–H and O–H groups in total. The fourth-order valence-corrected chi connectivity index (χ4v) is 5.08. The van der Waals surface area contributed by atoms with Gasteiger partial charge in [0.15, 0.2) is 5.52 Å². The summed E-state index contributed by atoms with van der Waals surface area (Å²) < 4.78 is 13.8. The zero-order valence-corrected chi connectivity index (χ0v) is 20.3. The van der Waals surface area contributed by atoms with Gasteiger partial charge in [0.05, 0.1) is 13.2 Å². The number of benzene rings is 1. The van der Waals surface area contributed by atoms with E-state index in [4.69, 9.17) is 9.47 Å². The second kappa shape index (κ2) is 9.36. The van der Waals surface area contributed by atoms with Gasteiger partial charge in [0.25, 0.3) is 17.1 Å². The van der Waals surface area contributed by atoms with Gasteiger partial charge in [-0.1, -0.05) is 18.2 Å². The van der Waals surface area contributed by atoms with Crippen LogP contribution in [0.15, 0.2) is 38.6 Å². The summed E-state index contributed by atoms with van der Waals surface area (Å²) in [6, 6.07) is 7.72. The average molecular weight is 481 g/mol. The maximum atomic E-state index is 12.9. The van der Waals surface area contributed by atoms with Gasteiger partial charge >= 0.3 is 5.69 Å². The van der Waals surface area contributed by atoms with Crippen molar-refractivity contribution in [2.45, 2.75) is 58.4 Å². The Balaban J connectivity index is 1.28. The number of para-hydroxylation sites is 1. The van der Waals surface area contributed by atoms with Crippen LogP contribution in [0.25, 0.3) is 11.0 Å². The topological polar surface area (TPSA) is 108 Å². The lowest BCUT2D eigenvalue weighted by atomic mass is 9.94. The van der Waals surface area contributed by atoms with E-state index in [9.17, 15) is 14.4 Å². The molecule has 0 aliphatic heterocycles. The van der Waals surface area contributed by atoms with Gasteiger partial charge in [-0.2, -0.15) is 4.98 Å². The number of fused-ring (bicyclic) bond motifs is 1. The molecule has 0 radical (unpaired) electrons. The van der Waals surface area contributed by atoms with Crippen molar-refractivity contribution in [3.63, 3.8) is 0 Å². The summed E-state index contributed by atoms with van der Waals surface area (Å²) in [5.74, 6) is 1.65. The molecule has 1 aromatic carbocycles. The number of H-pyrrole nitrogens is 1. The van der Waals surface area contributed by atoms with Gasteiger partial charge in [0.2, 0.25) is 0 Å². The molecule has 5 rings (SSSR count). The Hall–Kier alpha value is -3.36. The molecular weight excluding hydrogens is 448 g/mol. The summed E-state index contributed by atoms with van der Waals surface area (Å²) in [4.78, 5) is 45.4. The molecule has 0 spiro atoms. The van der Waals surface area contributed by atoms with Gasteiger partial charge in [-0.05, 0) is 68.4 Å². The molecule has 35 heavy (non-hydrogen) atoms. The maximum Gasteiger partial charge on any atom is 0.331 e. The maximum absolute atomic E-state index is 12.9. The van der Waals surface area contributed by atoms with Crippen LogP contribution in [0.4, 0.5) is 0 Å². The fraction of sp³-hybridized carbons (Fsp3) is 0.538. The van der Waals surface area contributed by atoms with Gasteiger partial charge in [-0.3, -0.25) is 23.7 Å². The second-order valence-electron chi connectivity index (χ2n) is 9.92. The minimum atomic E-state index is -0.600. The number of nitrogens with zero attached hydrogens (tertiary/aromatic N) is 3. The third kappa shape index (κ3) is 4.76. The van der Waals surface area contributed by atoms with Crippen molar-refractivity contribution in [1.82, 2.24) is 19.1 Å². The lowest BCUT2D eigenvalue weighted by molar-refractivity contribution is 0.235. The zero-order chi connectivity index (χ0) is 24.6. The number of aromatic amines is 1. The molecule has 3 aromatic rings. The van der Waals surface area contributed by atoms with E-state index in [2.05, 4.69) is 9.97 Å². The molecule has 2 aliphatic carbocycles. The smallest absolute Gasteiger partial charge is 0.331 e. The van der Waals surface area contributed by atoms with Crippen LogP contribution in [0.1, 0.15) is 50.5 Å². The number of nitrogens with one attached hydrogen (secondary N) is 1. The quantitative estimate of drug-likeness (QED) is 0.423. The summed E-state index contributed by atoms with van der Waals surface area (Å²) >= 11 is 0. The van der Waals surface area contributed by atoms with E-state index in [0.717, 1.165) is 34.6 Å². The Labute approximate surface area is 202 Å². The fourth-order valence-electron chi connectivity index (χ4n) is 5.08. The minimum Gasteiger partial charge on any atom is -0.493 e. The normalized spacial score (nSPS) is 16.4. The molecule has 0 saturated heterocycles. The Kier molecular flexibility index (Phi) is 6.25. The molecule has 2 fully saturated rings. The predicted octanol–water partition coefficient (Wildman–Crippen LogP) is 2.91. The highest BCUT2D eigenvalue weighted by Crippen LogP contribution is 2.63. The van der Waals surface area contributed by atoms with Crippen molar-refractivity contribution < 1.29 is 9.47 Å². The first-order chi connectivity index (χ1) is 16.9. The number of ether oxygens (including phenoxy) is 2. The van der Waals surface area contributed by atoms with Crippen molar-refractivity contribution in [2.75, 3.05) is 13.2 Å². The van der Waals surface area contributed by atoms with E-state index in [1.165, 1.54) is 37.3 Å². The van der Waals surface area contributed by atoms with Crippen LogP contribution >= 0.6 is 0 Å². The number of hydrogen-bond donors (Lipinski definition) is 1. The van der Waals surface area contributed by atoms with E-state index in [1.807, 2.05) is 31.2 Å². The summed E-state index contributed by atoms with van der Waals surface area (Å²) in [5.41, 5.74) is -0.163. The Morgan fingerprint density at radius 1 is 1.09 bits per heavy atom. The number of rotatable bonds is 11. The molecule has 2 aliphatic rings. The van der Waals surface area contributed by atoms with E-state index in [0.29, 0.717) is 25.0 Å². The summed E-state index contributed by atoms with van der Waals surface area (Å²) in [7, 11) is 1.42. The van der Waals surface area contributed by atoms with Crippen LogP contribution in [0.3, 0.4) is 0 Å². The Morgan fingerprint density at radius 2 is 1.83 bits per heavy atom. The van der Waals surface area contributed by atoms with Crippen molar-refractivity contribution >= 4 is 11.0 Å². The highest BCUT2D eigenvalue weighted by Gasteiger charge is 2.52. The predicted molar refractivity (Wildman–Crippen MR) is 132 cm³/mol. The highest BCUT2D eigenvalue weighted by atomic mass is 16.5. The molecule has 2 saturated carbocycles. The van der Waals surface area contributed by atoms with Crippen LogP contribution in [0, 0.1) is 18.3 Å². The molecule has 9 heteroatoms. The summed E-state index contributed by atoms with van der Waals surface area (Å²) in [6.07, 6.45) is 7.56. The third-order valence-electron chi connectivity index (χ3n) is 7.44. The molecular formula is C26H32N4O5. The Bertz CT molecular complexity index is 1410. The van der Waals surface area contributed by atoms with Gasteiger partial charge < -0.3 is 9.47 Å². The third-order valence-corrected chi connectivity index (χ3v) is 7.44. The molecule has 186 valence electrons. The first-order valence-corrected chi connectivity index (χ1v) is 12.4. The first-order valence-electron chi connectivity index (χ1n) is 12.4. The number of hydrogen-bond acceptors (Lipinski definition) is 6. The number of aryl methyl sites for hydroxylation is 2. The van der Waals surface area contributed by atoms with Crippen molar-refractivity contribution in [2.24, 2.45) is 18.4 Å². The van der Waals surface area contributed by atoms with Crippen molar-refractivity contribution in [3.05, 3.63) is 61.0 Å². The number of aromatic nitrogens is 4. The van der Waals surface area contributed by atoms with Crippen LogP contribution in [-0.4, -0.2) is 32.3 Å². The van der Waals surface area contributed by atoms with Crippen molar-refractivity contribution in [3.8, 4) is 11.8 Å². The Morgan fingerprint density at radius 3 is 2.54 bits per heavy atom. The second-order valence-corrected chi connectivity index (χ2v) is 9.92. The average Bonchev–Trinajstić information content (AvgIpc) is 3.75. The van der Waals surface area contributed by atoms with Crippen LogP contribution in [0.5, 0.6) is 11.8 Å². The van der Waals surface area contributed by atoms with E-state index in [-0.39, 0.29) is 23.7 Å². The van der Waals surface area contributed by atoms with E-state index in [1.54, 1.807) is 0 Å². The van der Waals surface area contributed by atoms with Crippen molar-refractivity contribution in [1.29, 1.82) is 0 Å². The van der Waals surface area contributed by atoms with Gasteiger partial charge in [0, 0.05) is 20.0 Å². The monoisotopic (exact) mass is 480 g/mol. The molecule has 0 atom stereocenters. The standard InChI is InChI=1S/C26H32N4O5/c1-17-7-3-4-8-19(17)34-15-6-16-35-24-27-20-21(22(31)28-24)30(25(33)29(2)23(20)32)14-5-11-26(12-13-26)18-9-10-18/h3-4,7-8,18H,5-6,9-16H2,1-2H3,(H,27,28,31). The molecule has 0 bridgehead atoms. The SMILES string of the molecule is Cc1ccccc1OCCCOc1nc2c(=O)n(C)c(=O)n(CCCC3(C4CC4)CC3)c2c(=O)[nH]1. The van der Waals surface area contributed by atoms with E-state index < -0.39 is 16.8 Å². The van der Waals surface area contributed by atoms with Crippen LogP contribution < -0.4 is 26.3 Å². The van der Waals surface area contributed by atoms with Gasteiger partial charge in [0.1, 0.15) is 11.3 Å². The lowest BCUT2D eigenvalue weighted by Gasteiger charge is -2.16. The lowest BCUT2D eigenvalue weighted by Crippen LogP contribution is -2.41.